The maximum atomic E-state index is 11.7. The second kappa shape index (κ2) is 7.63. The molecule has 1 aliphatic rings. The van der Waals surface area contributed by atoms with Gasteiger partial charge in [-0.15, -0.1) is 0 Å². The van der Waals surface area contributed by atoms with E-state index in [4.69, 9.17) is 26.7 Å². The monoisotopic (exact) mass is 361 g/mol. The summed E-state index contributed by atoms with van der Waals surface area (Å²) < 4.78 is 11.2. The van der Waals surface area contributed by atoms with Gasteiger partial charge in [0.2, 0.25) is 5.91 Å². The summed E-state index contributed by atoms with van der Waals surface area (Å²) in [5.41, 5.74) is 17.5. The molecule has 3 rings (SSSR count). The molecule has 0 unspecified atom stereocenters. The number of morpholine rings is 1. The highest BCUT2D eigenvalue weighted by molar-refractivity contribution is 6.13. The highest BCUT2D eigenvalue weighted by Gasteiger charge is 2.19. The predicted molar refractivity (Wildman–Crippen MR) is 97.1 cm³/mol. The van der Waals surface area contributed by atoms with Crippen molar-refractivity contribution in [1.29, 1.82) is 0 Å². The van der Waals surface area contributed by atoms with E-state index in [2.05, 4.69) is 9.88 Å². The number of nitrogens with two attached hydrogens (primary N) is 3. The number of primary amides is 2. The summed E-state index contributed by atoms with van der Waals surface area (Å²) in [6, 6.07) is 3.03. The molecule has 9 nitrogen and oxygen atoms in total. The van der Waals surface area contributed by atoms with Gasteiger partial charge in [0.15, 0.2) is 0 Å². The van der Waals surface area contributed by atoms with E-state index in [9.17, 15) is 9.59 Å². The van der Waals surface area contributed by atoms with Crippen LogP contribution in [-0.2, 0) is 4.74 Å². The van der Waals surface area contributed by atoms with E-state index in [1.165, 1.54) is 6.07 Å². The predicted octanol–water partition coefficient (Wildman–Crippen LogP) is 0.0490. The molecule has 0 aliphatic carbocycles. The third-order valence-corrected chi connectivity index (χ3v) is 4.41. The minimum atomic E-state index is -0.686. The Bertz CT molecular complexity index is 826. The fourth-order valence-electron chi connectivity index (χ4n) is 3.10. The average Bonchev–Trinajstić information content (AvgIpc) is 2.95. The van der Waals surface area contributed by atoms with Gasteiger partial charge in [0.25, 0.3) is 5.91 Å². The molecule has 2 heterocycles. The number of anilines is 1. The number of carbonyl (C=O) groups excluding carboxylic acids is 2. The number of hydrogen-bond acceptors (Lipinski definition) is 6. The summed E-state index contributed by atoms with van der Waals surface area (Å²) in [6.07, 6.45) is 0.807. The molecule has 0 radical (unpaired) electrons. The molecule has 7 N–H and O–H groups in total. The Morgan fingerprint density at radius 3 is 2.58 bits per heavy atom. The topological polar surface area (TPSA) is 150 Å². The van der Waals surface area contributed by atoms with E-state index in [0.29, 0.717) is 23.3 Å². The van der Waals surface area contributed by atoms with Crippen molar-refractivity contribution in [2.24, 2.45) is 11.5 Å². The molecular formula is C17H23N5O4. The normalized spacial score (nSPS) is 15.2. The summed E-state index contributed by atoms with van der Waals surface area (Å²) in [7, 11) is 0. The Balaban J connectivity index is 1.78. The molecule has 2 aromatic rings. The Hall–Kier alpha value is -2.78. The van der Waals surface area contributed by atoms with Crippen LogP contribution in [0.2, 0.25) is 0 Å². The van der Waals surface area contributed by atoms with Gasteiger partial charge in [-0.2, -0.15) is 0 Å². The zero-order valence-electron chi connectivity index (χ0n) is 14.4. The minimum absolute atomic E-state index is 0.126. The number of H-pyrrole nitrogens is 1. The molecule has 1 aromatic carbocycles. The lowest BCUT2D eigenvalue weighted by Gasteiger charge is -2.26. The van der Waals surface area contributed by atoms with Crippen molar-refractivity contribution in [2.45, 2.75) is 6.42 Å². The van der Waals surface area contributed by atoms with Crippen LogP contribution in [0.15, 0.2) is 12.1 Å². The van der Waals surface area contributed by atoms with Crippen molar-refractivity contribution >= 4 is 28.5 Å². The van der Waals surface area contributed by atoms with Crippen molar-refractivity contribution in [3.05, 3.63) is 23.3 Å². The summed E-state index contributed by atoms with van der Waals surface area (Å²) in [5.74, 6) is -0.765. The van der Waals surface area contributed by atoms with Crippen molar-refractivity contribution in [2.75, 3.05) is 45.2 Å². The van der Waals surface area contributed by atoms with Gasteiger partial charge in [-0.25, -0.2) is 0 Å². The average molecular weight is 361 g/mol. The number of ether oxygens (including phenoxy) is 2. The highest BCUT2D eigenvalue weighted by atomic mass is 16.5. The number of nitrogens with one attached hydrogen (secondary N) is 1. The maximum absolute atomic E-state index is 11.7. The maximum Gasteiger partial charge on any atom is 0.253 e. The van der Waals surface area contributed by atoms with E-state index < -0.39 is 11.8 Å². The van der Waals surface area contributed by atoms with E-state index in [1.54, 1.807) is 6.07 Å². The van der Waals surface area contributed by atoms with E-state index in [0.717, 1.165) is 39.3 Å². The van der Waals surface area contributed by atoms with Crippen LogP contribution in [0.5, 0.6) is 5.75 Å². The molecule has 9 heteroatoms. The molecule has 1 aliphatic heterocycles. The van der Waals surface area contributed by atoms with Crippen molar-refractivity contribution in [1.82, 2.24) is 9.88 Å². The first-order valence-corrected chi connectivity index (χ1v) is 8.45. The quantitative estimate of drug-likeness (QED) is 0.512. The van der Waals surface area contributed by atoms with Crippen molar-refractivity contribution in [3.8, 4) is 5.75 Å². The fourth-order valence-corrected chi connectivity index (χ4v) is 3.10. The zero-order valence-corrected chi connectivity index (χ0v) is 14.4. The third-order valence-electron chi connectivity index (χ3n) is 4.41. The number of aromatic amines is 1. The first-order chi connectivity index (χ1) is 12.5. The van der Waals surface area contributed by atoms with E-state index in [-0.39, 0.29) is 16.9 Å². The zero-order chi connectivity index (χ0) is 18.7. The largest absolute Gasteiger partial charge is 0.491 e. The Morgan fingerprint density at radius 2 is 1.92 bits per heavy atom. The van der Waals surface area contributed by atoms with Gasteiger partial charge in [-0.05, 0) is 18.6 Å². The van der Waals surface area contributed by atoms with Crippen molar-refractivity contribution in [3.63, 3.8) is 0 Å². The van der Waals surface area contributed by atoms with Crippen LogP contribution in [0, 0.1) is 0 Å². The Labute approximate surface area is 150 Å². The van der Waals surface area contributed by atoms with Gasteiger partial charge < -0.3 is 31.7 Å². The van der Waals surface area contributed by atoms with Crippen LogP contribution in [0.3, 0.4) is 0 Å². The molecule has 0 saturated carbocycles. The Kier molecular flexibility index (Phi) is 5.29. The fraction of sp³-hybridized carbons (Fsp3) is 0.412. The van der Waals surface area contributed by atoms with Crippen LogP contribution in [0.4, 0.5) is 5.82 Å². The SMILES string of the molecule is NC(=O)c1cc(OCCCN2CCOCC2)c2[nH]c(N)c(C(N)=O)c2c1. The second-order valence-corrected chi connectivity index (χ2v) is 6.20. The van der Waals surface area contributed by atoms with Gasteiger partial charge in [-0.3, -0.25) is 14.5 Å². The summed E-state index contributed by atoms with van der Waals surface area (Å²) in [4.78, 5) is 28.5. The van der Waals surface area contributed by atoms with Gasteiger partial charge in [0, 0.05) is 30.6 Å². The van der Waals surface area contributed by atoms with Crippen molar-refractivity contribution < 1.29 is 19.1 Å². The molecule has 0 spiro atoms. The number of nitrogens with zero attached hydrogens (tertiary/aromatic N) is 1. The van der Waals surface area contributed by atoms with Gasteiger partial charge in [0.05, 0.1) is 30.9 Å². The lowest BCUT2D eigenvalue weighted by Crippen LogP contribution is -2.37. The second-order valence-electron chi connectivity index (χ2n) is 6.20. The molecule has 1 saturated heterocycles. The number of aromatic nitrogens is 1. The third kappa shape index (κ3) is 3.73. The molecule has 0 bridgehead atoms. The molecule has 0 atom stereocenters. The van der Waals surface area contributed by atoms with Gasteiger partial charge in [-0.1, -0.05) is 0 Å². The molecule has 1 fully saturated rings. The van der Waals surface area contributed by atoms with Gasteiger partial charge >= 0.3 is 0 Å². The number of carbonyl (C=O) groups is 2. The summed E-state index contributed by atoms with van der Waals surface area (Å²) >= 11 is 0. The number of rotatable bonds is 7. The van der Waals surface area contributed by atoms with Crippen LogP contribution in [0.25, 0.3) is 10.9 Å². The van der Waals surface area contributed by atoms with Crippen LogP contribution in [0.1, 0.15) is 27.1 Å². The molecule has 2 amide bonds. The van der Waals surface area contributed by atoms with Crippen LogP contribution in [-0.4, -0.2) is 61.2 Å². The first kappa shape index (κ1) is 18.0. The smallest absolute Gasteiger partial charge is 0.253 e. The van der Waals surface area contributed by atoms with E-state index in [1.807, 2.05) is 0 Å². The number of fused-ring (bicyclic) bond motifs is 1. The van der Waals surface area contributed by atoms with Crippen LogP contribution >= 0.6 is 0 Å². The molecule has 140 valence electrons. The summed E-state index contributed by atoms with van der Waals surface area (Å²) in [6.45, 7) is 4.66. The summed E-state index contributed by atoms with van der Waals surface area (Å²) in [5, 5.41) is 0.425. The number of nitrogen functional groups attached to an aromatic ring is 1. The molecular weight excluding hydrogens is 338 g/mol. The number of benzene rings is 1. The first-order valence-electron chi connectivity index (χ1n) is 8.45. The van der Waals surface area contributed by atoms with Crippen LogP contribution < -0.4 is 21.9 Å². The standard InChI is InChI=1S/C17H23N5O4/c18-15-13(17(20)24)11-8-10(16(19)23)9-12(14(11)21-15)26-5-1-2-22-3-6-25-7-4-22/h8-9,21H,1-7,18H2,(H2,19,23)(H2,20,24). The molecule has 26 heavy (non-hydrogen) atoms. The lowest BCUT2D eigenvalue weighted by molar-refractivity contribution is 0.0358. The Morgan fingerprint density at radius 1 is 1.19 bits per heavy atom. The van der Waals surface area contributed by atoms with E-state index >= 15 is 0 Å². The number of hydrogen-bond donors (Lipinski definition) is 4. The number of amides is 2. The van der Waals surface area contributed by atoms with Gasteiger partial charge in [0.1, 0.15) is 11.6 Å². The molecule has 1 aromatic heterocycles. The minimum Gasteiger partial charge on any atom is -0.491 e. The lowest BCUT2D eigenvalue weighted by atomic mass is 10.1. The highest BCUT2D eigenvalue weighted by Crippen LogP contribution is 2.32.